The van der Waals surface area contributed by atoms with Crippen LogP contribution in [0.4, 0.5) is 13.2 Å². The molecular formula is C16H9ClF3N3O. The fourth-order valence-corrected chi connectivity index (χ4v) is 2.35. The Balaban J connectivity index is 1.97. The van der Waals surface area contributed by atoms with Crippen molar-refractivity contribution in [2.24, 2.45) is 0 Å². The topological polar surface area (TPSA) is 47.8 Å². The third-order valence-electron chi connectivity index (χ3n) is 3.36. The molecule has 0 spiro atoms. The summed E-state index contributed by atoms with van der Waals surface area (Å²) in [6, 6.07) is 10.1. The third-order valence-corrected chi connectivity index (χ3v) is 3.69. The van der Waals surface area contributed by atoms with E-state index < -0.39 is 11.7 Å². The second-order valence-corrected chi connectivity index (χ2v) is 5.36. The number of alkyl halides is 3. The quantitative estimate of drug-likeness (QED) is 0.656. The van der Waals surface area contributed by atoms with E-state index in [1.54, 1.807) is 24.3 Å². The fraction of sp³-hybridized carbons (Fsp3) is 0.0625. The Morgan fingerprint density at radius 2 is 1.79 bits per heavy atom. The number of carbonyl (C=O) groups is 1. The van der Waals surface area contributed by atoms with E-state index in [0.29, 0.717) is 23.1 Å². The molecule has 0 N–H and O–H groups in total. The molecular weight excluding hydrogens is 343 g/mol. The summed E-state index contributed by atoms with van der Waals surface area (Å²) in [7, 11) is 0. The van der Waals surface area contributed by atoms with Gasteiger partial charge in [0.1, 0.15) is 12.0 Å². The maximum atomic E-state index is 12.9. The van der Waals surface area contributed by atoms with Crippen molar-refractivity contribution < 1.29 is 18.0 Å². The van der Waals surface area contributed by atoms with Crippen molar-refractivity contribution in [3.05, 3.63) is 64.8 Å². The van der Waals surface area contributed by atoms with Crippen LogP contribution in [0.5, 0.6) is 0 Å². The summed E-state index contributed by atoms with van der Waals surface area (Å²) >= 11 is 5.60. The van der Waals surface area contributed by atoms with Gasteiger partial charge in [-0.3, -0.25) is 4.79 Å². The van der Waals surface area contributed by atoms with Crippen LogP contribution in [0.15, 0.2) is 48.7 Å². The summed E-state index contributed by atoms with van der Waals surface area (Å²) < 4.78 is 40.0. The summed E-state index contributed by atoms with van der Waals surface area (Å²) in [6.45, 7) is 0. The highest BCUT2D eigenvalue weighted by molar-refractivity contribution is 6.31. The number of rotatable bonds is 3. The normalized spacial score (nSPS) is 11.5. The van der Waals surface area contributed by atoms with Crippen molar-refractivity contribution in [3.63, 3.8) is 0 Å². The van der Waals surface area contributed by atoms with Gasteiger partial charge >= 0.3 is 6.18 Å². The van der Waals surface area contributed by atoms with Crippen LogP contribution in [0, 0.1) is 0 Å². The van der Waals surface area contributed by atoms with Crippen LogP contribution >= 0.6 is 11.6 Å². The van der Waals surface area contributed by atoms with E-state index in [1.165, 1.54) is 23.0 Å². The van der Waals surface area contributed by atoms with Crippen LogP contribution in [0.3, 0.4) is 0 Å². The summed E-state index contributed by atoms with van der Waals surface area (Å²) in [6.07, 6.45) is -2.34. The van der Waals surface area contributed by atoms with Crippen LogP contribution in [0.25, 0.3) is 16.9 Å². The standard InChI is InChI=1S/C16H9ClF3N3O/c17-14-6-5-12(7-13(14)16(18,19)20)23-8-15(21-22-23)11-3-1-10(9-24)2-4-11/h1-9H. The number of nitrogens with zero attached hydrogens (tertiary/aromatic N) is 3. The number of halogens is 4. The molecule has 2 aromatic carbocycles. The van der Waals surface area contributed by atoms with Crippen molar-refractivity contribution in [2.45, 2.75) is 6.18 Å². The van der Waals surface area contributed by atoms with Crippen molar-refractivity contribution >= 4 is 17.9 Å². The first-order valence-electron chi connectivity index (χ1n) is 6.73. The summed E-state index contributed by atoms with van der Waals surface area (Å²) in [5.41, 5.74) is 0.926. The first-order chi connectivity index (χ1) is 11.4. The zero-order chi connectivity index (χ0) is 17.3. The molecule has 0 saturated heterocycles. The molecule has 0 amide bonds. The average Bonchev–Trinajstić information content (AvgIpc) is 3.04. The van der Waals surface area contributed by atoms with Gasteiger partial charge in [0.25, 0.3) is 0 Å². The highest BCUT2D eigenvalue weighted by atomic mass is 35.5. The maximum absolute atomic E-state index is 12.9. The van der Waals surface area contributed by atoms with Gasteiger partial charge in [0.15, 0.2) is 0 Å². The molecule has 3 aromatic rings. The van der Waals surface area contributed by atoms with Gasteiger partial charge in [0.05, 0.1) is 22.5 Å². The lowest BCUT2D eigenvalue weighted by Crippen LogP contribution is -2.07. The first kappa shape index (κ1) is 16.2. The van der Waals surface area contributed by atoms with E-state index in [9.17, 15) is 18.0 Å². The SMILES string of the molecule is O=Cc1ccc(-c2cn(-c3ccc(Cl)c(C(F)(F)F)c3)nn2)cc1. The molecule has 0 atom stereocenters. The number of hydrogen-bond acceptors (Lipinski definition) is 3. The van der Waals surface area contributed by atoms with Crippen LogP contribution in [-0.2, 0) is 6.18 Å². The Morgan fingerprint density at radius 1 is 1.08 bits per heavy atom. The number of aldehydes is 1. The number of hydrogen-bond donors (Lipinski definition) is 0. The molecule has 122 valence electrons. The highest BCUT2D eigenvalue weighted by Gasteiger charge is 2.33. The van der Waals surface area contributed by atoms with Gasteiger partial charge in [-0.1, -0.05) is 41.1 Å². The molecule has 0 bridgehead atoms. The van der Waals surface area contributed by atoms with Gasteiger partial charge in [-0.2, -0.15) is 13.2 Å². The Morgan fingerprint density at radius 3 is 2.42 bits per heavy atom. The van der Waals surface area contributed by atoms with Gasteiger partial charge in [-0.25, -0.2) is 4.68 Å². The van der Waals surface area contributed by atoms with Crippen molar-refractivity contribution in [1.82, 2.24) is 15.0 Å². The third kappa shape index (κ3) is 3.16. The number of aromatic nitrogens is 3. The van der Waals surface area contributed by atoms with Gasteiger partial charge in [0, 0.05) is 11.1 Å². The predicted octanol–water partition coefficient (Wildman–Crippen LogP) is 4.42. The largest absolute Gasteiger partial charge is 0.417 e. The van der Waals surface area contributed by atoms with Gasteiger partial charge in [-0.15, -0.1) is 5.10 Å². The minimum atomic E-state index is -4.55. The molecule has 1 heterocycles. The van der Waals surface area contributed by atoms with E-state index in [1.807, 2.05) is 0 Å². The molecule has 4 nitrogen and oxygen atoms in total. The zero-order valence-electron chi connectivity index (χ0n) is 12.0. The minimum absolute atomic E-state index is 0.190. The van der Waals surface area contributed by atoms with Gasteiger partial charge in [-0.05, 0) is 18.2 Å². The molecule has 0 unspecified atom stereocenters. The summed E-state index contributed by atoms with van der Waals surface area (Å²) in [5.74, 6) is 0. The second-order valence-electron chi connectivity index (χ2n) is 4.95. The molecule has 0 fully saturated rings. The second kappa shape index (κ2) is 6.09. The Hall–Kier alpha value is -2.67. The van der Waals surface area contributed by atoms with E-state index in [-0.39, 0.29) is 10.7 Å². The van der Waals surface area contributed by atoms with Crippen molar-refractivity contribution in [1.29, 1.82) is 0 Å². The Kier molecular flexibility index (Phi) is 4.11. The Bertz CT molecular complexity index is 888. The maximum Gasteiger partial charge on any atom is 0.417 e. The Labute approximate surface area is 139 Å². The van der Waals surface area contributed by atoms with Crippen LogP contribution in [-0.4, -0.2) is 21.3 Å². The molecule has 0 saturated carbocycles. The zero-order valence-corrected chi connectivity index (χ0v) is 12.7. The van der Waals surface area contributed by atoms with Crippen molar-refractivity contribution in [2.75, 3.05) is 0 Å². The lowest BCUT2D eigenvalue weighted by Gasteiger charge is -2.10. The molecule has 24 heavy (non-hydrogen) atoms. The van der Waals surface area contributed by atoms with E-state index in [0.717, 1.165) is 6.07 Å². The molecule has 0 radical (unpaired) electrons. The molecule has 0 aliphatic rings. The molecule has 1 aromatic heterocycles. The highest BCUT2D eigenvalue weighted by Crippen LogP contribution is 2.35. The number of carbonyl (C=O) groups excluding carboxylic acids is 1. The van der Waals surface area contributed by atoms with E-state index in [4.69, 9.17) is 11.6 Å². The van der Waals surface area contributed by atoms with E-state index >= 15 is 0 Å². The average molecular weight is 352 g/mol. The summed E-state index contributed by atoms with van der Waals surface area (Å²) in [5, 5.41) is 7.41. The predicted molar refractivity (Wildman–Crippen MR) is 82.2 cm³/mol. The van der Waals surface area contributed by atoms with Crippen molar-refractivity contribution in [3.8, 4) is 16.9 Å². The van der Waals surface area contributed by atoms with Crippen LogP contribution in [0.2, 0.25) is 5.02 Å². The van der Waals surface area contributed by atoms with E-state index in [2.05, 4.69) is 10.3 Å². The lowest BCUT2D eigenvalue weighted by atomic mass is 10.1. The molecule has 3 rings (SSSR count). The van der Waals surface area contributed by atoms with Crippen LogP contribution < -0.4 is 0 Å². The smallest absolute Gasteiger partial charge is 0.298 e. The lowest BCUT2D eigenvalue weighted by molar-refractivity contribution is -0.137. The first-order valence-corrected chi connectivity index (χ1v) is 7.11. The minimum Gasteiger partial charge on any atom is -0.298 e. The van der Waals surface area contributed by atoms with Gasteiger partial charge in [0.2, 0.25) is 0 Å². The number of benzene rings is 2. The monoisotopic (exact) mass is 351 g/mol. The van der Waals surface area contributed by atoms with Gasteiger partial charge < -0.3 is 0 Å². The summed E-state index contributed by atoms with van der Waals surface area (Å²) in [4.78, 5) is 10.6. The molecule has 0 aliphatic heterocycles. The molecule has 8 heteroatoms. The van der Waals surface area contributed by atoms with Crippen LogP contribution in [0.1, 0.15) is 15.9 Å². The molecule has 0 aliphatic carbocycles. The fourth-order valence-electron chi connectivity index (χ4n) is 2.13.